The SMILES string of the molecule is N[C@H]1CCCN(C(=O)OC(CF)CF)C1. The Kier molecular flexibility index (Phi) is 4.74. The number of carbonyl (C=O) groups excluding carboxylic acids is 1. The van der Waals surface area contributed by atoms with Crippen molar-refractivity contribution >= 4 is 6.09 Å². The van der Waals surface area contributed by atoms with Crippen LogP contribution < -0.4 is 5.73 Å². The number of carbonyl (C=O) groups is 1. The number of ether oxygens (including phenoxy) is 1. The van der Waals surface area contributed by atoms with Gasteiger partial charge in [-0.3, -0.25) is 0 Å². The summed E-state index contributed by atoms with van der Waals surface area (Å²) in [4.78, 5) is 12.8. The van der Waals surface area contributed by atoms with Crippen LogP contribution >= 0.6 is 0 Å². The van der Waals surface area contributed by atoms with Crippen LogP contribution in [0.2, 0.25) is 0 Å². The monoisotopic (exact) mass is 222 g/mol. The van der Waals surface area contributed by atoms with Crippen LogP contribution in [0, 0.1) is 0 Å². The van der Waals surface area contributed by atoms with E-state index in [9.17, 15) is 13.6 Å². The summed E-state index contributed by atoms with van der Waals surface area (Å²) >= 11 is 0. The third-order valence-electron chi connectivity index (χ3n) is 2.33. The van der Waals surface area contributed by atoms with Gasteiger partial charge in [-0.25, -0.2) is 13.6 Å². The van der Waals surface area contributed by atoms with E-state index < -0.39 is 25.5 Å². The van der Waals surface area contributed by atoms with Crippen molar-refractivity contribution < 1.29 is 18.3 Å². The molecule has 0 spiro atoms. The van der Waals surface area contributed by atoms with Crippen molar-refractivity contribution in [2.75, 3.05) is 26.4 Å². The van der Waals surface area contributed by atoms with Gasteiger partial charge >= 0.3 is 6.09 Å². The summed E-state index contributed by atoms with van der Waals surface area (Å²) < 4.78 is 28.8. The number of alkyl halides is 2. The number of rotatable bonds is 3. The normalized spacial score (nSPS) is 21.9. The summed E-state index contributed by atoms with van der Waals surface area (Å²) in [7, 11) is 0. The molecule has 0 unspecified atom stereocenters. The van der Waals surface area contributed by atoms with Gasteiger partial charge in [0.2, 0.25) is 0 Å². The van der Waals surface area contributed by atoms with Crippen LogP contribution in [0.4, 0.5) is 13.6 Å². The molecule has 1 atom stereocenters. The van der Waals surface area contributed by atoms with E-state index in [1.807, 2.05) is 0 Å². The zero-order valence-corrected chi connectivity index (χ0v) is 8.49. The lowest BCUT2D eigenvalue weighted by atomic mass is 10.1. The molecule has 1 aliphatic heterocycles. The molecule has 0 aromatic carbocycles. The fourth-order valence-corrected chi connectivity index (χ4v) is 1.50. The molecule has 1 heterocycles. The average Bonchev–Trinajstić information content (AvgIpc) is 2.25. The first kappa shape index (κ1) is 12.2. The predicted molar refractivity (Wildman–Crippen MR) is 51.0 cm³/mol. The molecule has 1 saturated heterocycles. The molecule has 1 fully saturated rings. The molecule has 0 bridgehead atoms. The van der Waals surface area contributed by atoms with E-state index >= 15 is 0 Å². The number of hydrogen-bond donors (Lipinski definition) is 1. The topological polar surface area (TPSA) is 55.6 Å². The number of nitrogens with two attached hydrogens (primary N) is 1. The molecule has 15 heavy (non-hydrogen) atoms. The maximum Gasteiger partial charge on any atom is 0.410 e. The quantitative estimate of drug-likeness (QED) is 0.770. The van der Waals surface area contributed by atoms with Gasteiger partial charge in [-0.1, -0.05) is 0 Å². The van der Waals surface area contributed by atoms with Gasteiger partial charge in [0.1, 0.15) is 13.3 Å². The lowest BCUT2D eigenvalue weighted by molar-refractivity contribution is 0.0337. The predicted octanol–water partition coefficient (Wildman–Crippen LogP) is 0.854. The second-order valence-electron chi connectivity index (χ2n) is 3.66. The van der Waals surface area contributed by atoms with Gasteiger partial charge in [0.05, 0.1) is 0 Å². The van der Waals surface area contributed by atoms with E-state index in [-0.39, 0.29) is 6.04 Å². The summed E-state index contributed by atoms with van der Waals surface area (Å²) in [6.07, 6.45) is -0.299. The first-order valence-electron chi connectivity index (χ1n) is 5.00. The smallest absolute Gasteiger partial charge is 0.410 e. The zero-order chi connectivity index (χ0) is 11.3. The van der Waals surface area contributed by atoms with Crippen LogP contribution in [-0.2, 0) is 4.74 Å². The van der Waals surface area contributed by atoms with Crippen LogP contribution in [0.5, 0.6) is 0 Å². The van der Waals surface area contributed by atoms with Crippen LogP contribution in [-0.4, -0.2) is 49.6 Å². The Bertz CT molecular complexity index is 212. The Hall–Kier alpha value is -0.910. The minimum Gasteiger partial charge on any atom is -0.441 e. The maximum absolute atomic E-state index is 12.1. The van der Waals surface area contributed by atoms with Crippen LogP contribution in [0.25, 0.3) is 0 Å². The Morgan fingerprint density at radius 1 is 1.53 bits per heavy atom. The molecule has 0 aromatic heterocycles. The first-order valence-corrected chi connectivity index (χ1v) is 5.00. The lowest BCUT2D eigenvalue weighted by Gasteiger charge is -2.30. The summed E-state index contributed by atoms with van der Waals surface area (Å²) in [6.45, 7) is -1.06. The zero-order valence-electron chi connectivity index (χ0n) is 8.49. The molecular weight excluding hydrogens is 206 g/mol. The Balaban J connectivity index is 2.38. The maximum atomic E-state index is 12.1. The molecule has 6 heteroatoms. The van der Waals surface area contributed by atoms with E-state index in [4.69, 9.17) is 5.73 Å². The van der Waals surface area contributed by atoms with E-state index in [1.54, 1.807) is 0 Å². The molecule has 0 radical (unpaired) electrons. The highest BCUT2D eigenvalue weighted by Gasteiger charge is 2.24. The number of likely N-dealkylation sites (tertiary alicyclic amines) is 1. The molecule has 2 N–H and O–H groups in total. The molecule has 4 nitrogen and oxygen atoms in total. The Morgan fingerprint density at radius 3 is 2.73 bits per heavy atom. The second kappa shape index (κ2) is 5.85. The Morgan fingerprint density at radius 2 is 2.20 bits per heavy atom. The molecule has 0 aromatic rings. The van der Waals surface area contributed by atoms with E-state index in [1.165, 1.54) is 4.90 Å². The third kappa shape index (κ3) is 3.62. The highest BCUT2D eigenvalue weighted by molar-refractivity contribution is 5.68. The highest BCUT2D eigenvalue weighted by atomic mass is 19.1. The largest absolute Gasteiger partial charge is 0.441 e. The minimum atomic E-state index is -1.28. The van der Waals surface area contributed by atoms with Crippen molar-refractivity contribution in [1.82, 2.24) is 4.90 Å². The molecule has 88 valence electrons. The fourth-order valence-electron chi connectivity index (χ4n) is 1.50. The fraction of sp³-hybridized carbons (Fsp3) is 0.889. The van der Waals surface area contributed by atoms with Crippen molar-refractivity contribution in [3.63, 3.8) is 0 Å². The van der Waals surface area contributed by atoms with Gasteiger partial charge in [-0.15, -0.1) is 0 Å². The van der Waals surface area contributed by atoms with E-state index in [2.05, 4.69) is 4.74 Å². The lowest BCUT2D eigenvalue weighted by Crippen LogP contribution is -2.47. The van der Waals surface area contributed by atoms with Crippen molar-refractivity contribution in [3.05, 3.63) is 0 Å². The van der Waals surface area contributed by atoms with Crippen molar-refractivity contribution in [1.29, 1.82) is 0 Å². The van der Waals surface area contributed by atoms with Gasteiger partial charge in [0.25, 0.3) is 0 Å². The molecule has 0 saturated carbocycles. The van der Waals surface area contributed by atoms with Gasteiger partial charge in [-0.05, 0) is 12.8 Å². The molecule has 0 aliphatic carbocycles. The highest BCUT2D eigenvalue weighted by Crippen LogP contribution is 2.10. The van der Waals surface area contributed by atoms with Crippen LogP contribution in [0.1, 0.15) is 12.8 Å². The summed E-state index contributed by atoms with van der Waals surface area (Å²) in [5.74, 6) is 0. The van der Waals surface area contributed by atoms with Crippen molar-refractivity contribution in [3.8, 4) is 0 Å². The Labute approximate surface area is 87.4 Å². The van der Waals surface area contributed by atoms with Crippen LogP contribution in [0.15, 0.2) is 0 Å². The minimum absolute atomic E-state index is 0.0690. The molecule has 1 aliphatic rings. The second-order valence-corrected chi connectivity index (χ2v) is 3.66. The molecule has 1 amide bonds. The van der Waals surface area contributed by atoms with Gasteiger partial charge < -0.3 is 15.4 Å². The van der Waals surface area contributed by atoms with E-state index in [0.29, 0.717) is 13.1 Å². The number of amides is 1. The summed E-state index contributed by atoms with van der Waals surface area (Å²) in [6, 6.07) is -0.0690. The molecular formula is C9H16F2N2O2. The van der Waals surface area contributed by atoms with E-state index in [0.717, 1.165) is 12.8 Å². The van der Waals surface area contributed by atoms with Gasteiger partial charge in [0, 0.05) is 19.1 Å². The van der Waals surface area contributed by atoms with Crippen LogP contribution in [0.3, 0.4) is 0 Å². The van der Waals surface area contributed by atoms with Gasteiger partial charge in [0.15, 0.2) is 6.10 Å². The molecule has 1 rings (SSSR count). The number of piperidine rings is 1. The van der Waals surface area contributed by atoms with Gasteiger partial charge in [-0.2, -0.15) is 0 Å². The number of nitrogens with zero attached hydrogens (tertiary/aromatic N) is 1. The van der Waals surface area contributed by atoms with Crippen molar-refractivity contribution in [2.45, 2.75) is 25.0 Å². The summed E-state index contributed by atoms with van der Waals surface area (Å²) in [5, 5.41) is 0. The standard InChI is InChI=1S/C9H16F2N2O2/c10-4-8(5-11)15-9(14)13-3-1-2-7(12)6-13/h7-8H,1-6,12H2/t7-/m0/s1. The third-order valence-corrected chi connectivity index (χ3v) is 2.33. The van der Waals surface area contributed by atoms with Crippen molar-refractivity contribution in [2.24, 2.45) is 5.73 Å². The number of hydrogen-bond acceptors (Lipinski definition) is 3. The average molecular weight is 222 g/mol. The first-order chi connectivity index (χ1) is 7.17. The number of halogens is 2. The summed E-state index contributed by atoms with van der Waals surface area (Å²) in [5.41, 5.74) is 5.66.